The van der Waals surface area contributed by atoms with Crippen molar-refractivity contribution in [1.29, 1.82) is 0 Å². The molecule has 0 bridgehead atoms. The molecule has 0 aliphatic carbocycles. The van der Waals surface area contributed by atoms with Crippen LogP contribution in [0.25, 0.3) is 0 Å². The maximum Gasteiger partial charge on any atom is 0.140 e. The highest BCUT2D eigenvalue weighted by Crippen LogP contribution is 2.44. The minimum Gasteiger partial charge on any atom is -0.301 e. The summed E-state index contributed by atoms with van der Waals surface area (Å²) in [5.74, 6) is 0. The summed E-state index contributed by atoms with van der Waals surface area (Å²) in [7, 11) is 0. The lowest BCUT2D eigenvalue weighted by atomic mass is 9.98. The topological polar surface area (TPSA) is 23.6 Å². The highest BCUT2D eigenvalue weighted by Gasteiger charge is 2.56. The van der Waals surface area contributed by atoms with E-state index in [-0.39, 0.29) is 17.2 Å². The van der Waals surface area contributed by atoms with Crippen molar-refractivity contribution in [2.24, 2.45) is 0 Å². The molecule has 76 valence electrons. The predicted octanol–water partition coefficient (Wildman–Crippen LogP) is 2.15. The fourth-order valence-corrected chi connectivity index (χ4v) is 2.58. The zero-order chi connectivity index (χ0) is 10.4. The third kappa shape index (κ3) is 1.44. The number of rotatable bonds is 1. The summed E-state index contributed by atoms with van der Waals surface area (Å²) < 4.78 is 3.48. The summed E-state index contributed by atoms with van der Waals surface area (Å²) in [6.45, 7) is 7.87. The zero-order valence-corrected chi connectivity index (χ0v) is 10.6. The zero-order valence-electron chi connectivity index (χ0n) is 8.21. The molecule has 1 unspecified atom stereocenters. The fraction of sp³-hybridized carbons (Fsp3) is 0.875. The van der Waals surface area contributed by atoms with Crippen LogP contribution in [0.4, 0.5) is 0 Å². The highest BCUT2D eigenvalue weighted by atomic mass is 79.9. The first-order chi connectivity index (χ1) is 5.76. The van der Waals surface area contributed by atoms with E-state index < -0.39 is 0 Å². The van der Waals surface area contributed by atoms with Gasteiger partial charge in [-0.25, -0.2) is 3.93 Å². The van der Waals surface area contributed by atoms with Crippen LogP contribution in [0.15, 0.2) is 0 Å². The first kappa shape index (κ1) is 11.4. The summed E-state index contributed by atoms with van der Waals surface area (Å²) in [6, 6.07) is -0.302. The van der Waals surface area contributed by atoms with E-state index in [4.69, 9.17) is 11.8 Å². The molecule has 1 heterocycles. The molecule has 0 aromatic carbocycles. The summed E-state index contributed by atoms with van der Waals surface area (Å²) in [5, 5.41) is 0. The van der Waals surface area contributed by atoms with Crippen LogP contribution in [-0.4, -0.2) is 31.9 Å². The second-order valence-corrected chi connectivity index (χ2v) is 5.39. The number of carbonyl (C=O) groups is 1. The molecule has 3 nitrogen and oxygen atoms in total. The van der Waals surface area contributed by atoms with Gasteiger partial charge in [0.1, 0.15) is 12.3 Å². The van der Waals surface area contributed by atoms with E-state index in [0.29, 0.717) is 0 Å². The van der Waals surface area contributed by atoms with Gasteiger partial charge in [0.2, 0.25) is 0 Å². The molecule has 0 N–H and O–H groups in total. The van der Waals surface area contributed by atoms with Gasteiger partial charge in [0.05, 0.1) is 11.2 Å². The molecule has 1 aliphatic heterocycles. The van der Waals surface area contributed by atoms with Gasteiger partial charge >= 0.3 is 0 Å². The van der Waals surface area contributed by atoms with Crippen molar-refractivity contribution < 1.29 is 4.79 Å². The number of hydrogen-bond acceptors (Lipinski definition) is 3. The van der Waals surface area contributed by atoms with Gasteiger partial charge in [-0.05, 0) is 39.5 Å². The molecule has 13 heavy (non-hydrogen) atoms. The van der Waals surface area contributed by atoms with Crippen LogP contribution in [0.1, 0.15) is 27.7 Å². The molecule has 0 amide bonds. The molecule has 1 saturated heterocycles. The van der Waals surface area contributed by atoms with E-state index in [1.807, 2.05) is 31.6 Å². The van der Waals surface area contributed by atoms with Gasteiger partial charge in [-0.1, -0.05) is 0 Å². The van der Waals surface area contributed by atoms with Crippen LogP contribution in [0.3, 0.4) is 0 Å². The summed E-state index contributed by atoms with van der Waals surface area (Å²) in [6.07, 6.45) is 0.885. The Morgan fingerprint density at radius 1 is 1.38 bits per heavy atom. The van der Waals surface area contributed by atoms with E-state index in [1.165, 1.54) is 0 Å². The SMILES string of the molecule is CC1(C)C(C=O)N(Cl)C(C)(C)N1Br. The smallest absolute Gasteiger partial charge is 0.140 e. The van der Waals surface area contributed by atoms with Crippen LogP contribution in [0, 0.1) is 0 Å². The van der Waals surface area contributed by atoms with Crippen molar-refractivity contribution in [2.45, 2.75) is 44.9 Å². The molecule has 0 saturated carbocycles. The van der Waals surface area contributed by atoms with E-state index in [1.54, 1.807) is 4.42 Å². The molecule has 0 radical (unpaired) electrons. The third-order valence-electron chi connectivity index (χ3n) is 2.61. The Morgan fingerprint density at radius 2 is 1.85 bits per heavy atom. The molecule has 1 atom stereocenters. The Bertz CT molecular complexity index is 232. The van der Waals surface area contributed by atoms with Gasteiger partial charge in [-0.2, -0.15) is 4.42 Å². The quantitative estimate of drug-likeness (QED) is 0.538. The van der Waals surface area contributed by atoms with Crippen molar-refractivity contribution >= 4 is 34.2 Å². The van der Waals surface area contributed by atoms with Crippen LogP contribution < -0.4 is 0 Å². The van der Waals surface area contributed by atoms with Gasteiger partial charge in [0.15, 0.2) is 0 Å². The standard InChI is InChI=1S/C8H14BrClN2O/c1-7(2)6(5-13)11(10)8(3,4)12(7)9/h5-6H,1-4H3. The number of hydrogen-bond donors (Lipinski definition) is 0. The van der Waals surface area contributed by atoms with Crippen LogP contribution in [-0.2, 0) is 4.79 Å². The molecule has 0 aromatic rings. The molecule has 5 heteroatoms. The van der Waals surface area contributed by atoms with Crippen LogP contribution in [0.2, 0.25) is 0 Å². The van der Waals surface area contributed by atoms with Gasteiger partial charge in [-0.15, -0.1) is 0 Å². The Hall–Kier alpha value is 0.360. The lowest BCUT2D eigenvalue weighted by Gasteiger charge is -2.33. The second kappa shape index (κ2) is 3.19. The molecule has 1 rings (SSSR count). The van der Waals surface area contributed by atoms with Crippen molar-refractivity contribution in [3.8, 4) is 0 Å². The normalized spacial score (nSPS) is 33.5. The first-order valence-electron chi connectivity index (χ1n) is 4.12. The van der Waals surface area contributed by atoms with E-state index >= 15 is 0 Å². The largest absolute Gasteiger partial charge is 0.301 e. The lowest BCUT2D eigenvalue weighted by Crippen LogP contribution is -2.44. The number of aldehydes is 1. The third-order valence-corrected chi connectivity index (χ3v) is 5.01. The maximum atomic E-state index is 10.9. The van der Waals surface area contributed by atoms with Crippen LogP contribution >= 0.6 is 27.9 Å². The Morgan fingerprint density at radius 3 is 2.00 bits per heavy atom. The maximum absolute atomic E-state index is 10.9. The molecular weight excluding hydrogens is 255 g/mol. The van der Waals surface area contributed by atoms with E-state index in [9.17, 15) is 4.79 Å². The number of carbonyl (C=O) groups excluding carboxylic acids is 1. The molecular formula is C8H14BrClN2O. The number of nitrogens with zero attached hydrogens (tertiary/aromatic N) is 2. The monoisotopic (exact) mass is 268 g/mol. The summed E-state index contributed by atoms with van der Waals surface area (Å²) in [5.41, 5.74) is -0.663. The van der Waals surface area contributed by atoms with Gasteiger partial charge in [0.25, 0.3) is 0 Å². The number of halogens is 2. The van der Waals surface area contributed by atoms with Gasteiger partial charge in [-0.3, -0.25) is 0 Å². The minimum absolute atomic E-state index is 0.299. The summed E-state index contributed by atoms with van der Waals surface area (Å²) in [4.78, 5) is 10.9. The Labute approximate surface area is 92.5 Å². The highest BCUT2D eigenvalue weighted by molar-refractivity contribution is 9.07. The molecule has 0 aromatic heterocycles. The average molecular weight is 270 g/mol. The van der Waals surface area contributed by atoms with Gasteiger partial charge in [0, 0.05) is 16.1 Å². The first-order valence-corrected chi connectivity index (χ1v) is 5.17. The fourth-order valence-electron chi connectivity index (χ4n) is 1.74. The van der Waals surface area contributed by atoms with Crippen molar-refractivity contribution in [3.05, 3.63) is 0 Å². The molecule has 1 fully saturated rings. The predicted molar refractivity (Wildman–Crippen MR) is 56.5 cm³/mol. The second-order valence-electron chi connectivity index (χ2n) is 4.32. The Kier molecular flexibility index (Phi) is 2.81. The van der Waals surface area contributed by atoms with E-state index in [2.05, 4.69) is 16.1 Å². The molecule has 1 aliphatic rings. The van der Waals surface area contributed by atoms with Crippen LogP contribution in [0.5, 0.6) is 0 Å². The summed E-state index contributed by atoms with van der Waals surface area (Å²) >= 11 is 9.53. The van der Waals surface area contributed by atoms with Gasteiger partial charge < -0.3 is 4.79 Å². The van der Waals surface area contributed by atoms with Crippen molar-refractivity contribution in [3.63, 3.8) is 0 Å². The van der Waals surface area contributed by atoms with Crippen molar-refractivity contribution in [1.82, 2.24) is 8.34 Å². The van der Waals surface area contributed by atoms with E-state index in [0.717, 1.165) is 6.29 Å². The molecule has 0 spiro atoms. The Balaban J connectivity index is 3.11. The minimum atomic E-state index is -0.364. The average Bonchev–Trinajstić information content (AvgIpc) is 2.12. The van der Waals surface area contributed by atoms with Crippen molar-refractivity contribution in [2.75, 3.05) is 0 Å². The lowest BCUT2D eigenvalue weighted by molar-refractivity contribution is -0.111.